The van der Waals surface area contributed by atoms with Crippen molar-refractivity contribution in [3.8, 4) is 11.3 Å². The summed E-state index contributed by atoms with van der Waals surface area (Å²) in [6, 6.07) is 7.19. The summed E-state index contributed by atoms with van der Waals surface area (Å²) in [5.74, 6) is -2.05. The zero-order chi connectivity index (χ0) is 24.8. The molecule has 1 unspecified atom stereocenters. The maximum Gasteiger partial charge on any atom is 0.151 e. The van der Waals surface area contributed by atoms with E-state index in [0.29, 0.717) is 16.7 Å². The molecule has 3 aromatic heterocycles. The minimum absolute atomic E-state index is 0.0110. The van der Waals surface area contributed by atoms with Gasteiger partial charge in [0.15, 0.2) is 5.82 Å². The largest absolute Gasteiger partial charge is 0.375 e. The van der Waals surface area contributed by atoms with Gasteiger partial charge in [-0.3, -0.25) is 4.98 Å². The summed E-state index contributed by atoms with van der Waals surface area (Å²) in [6.07, 6.45) is 1.40. The molecule has 0 spiro atoms. The van der Waals surface area contributed by atoms with E-state index < -0.39 is 30.6 Å². The van der Waals surface area contributed by atoms with Crippen molar-refractivity contribution in [3.05, 3.63) is 76.3 Å². The second-order valence-corrected chi connectivity index (χ2v) is 11.9. The first-order valence-electron chi connectivity index (χ1n) is 10.4. The Labute approximate surface area is 199 Å². The highest BCUT2D eigenvalue weighted by Crippen LogP contribution is 2.37. The molecule has 5 nitrogen and oxygen atoms in total. The maximum absolute atomic E-state index is 15.0. The Kier molecular flexibility index (Phi) is 6.40. The SMILES string of the molecule is Cc1nc2cc(F)c(-c3ccc(P(C)(C)=O)nc3)nc2c(NC(C)c2c(F)cccc2F)c1Cl. The predicted octanol–water partition coefficient (Wildman–Crippen LogP) is 6.49. The van der Waals surface area contributed by atoms with Crippen LogP contribution in [0.4, 0.5) is 18.9 Å². The molecule has 1 atom stereocenters. The molecule has 0 amide bonds. The number of aromatic nitrogens is 3. The van der Waals surface area contributed by atoms with Gasteiger partial charge >= 0.3 is 0 Å². The smallest absolute Gasteiger partial charge is 0.151 e. The van der Waals surface area contributed by atoms with Gasteiger partial charge < -0.3 is 9.88 Å². The number of anilines is 1. The average molecular weight is 505 g/mol. The standard InChI is InChI=1S/C24H21ClF3N4OP/c1-12(20-15(26)6-5-7-16(20)27)31-24-21(25)13(2)30-18-10-17(28)22(32-23(18)24)14-8-9-19(29-11-14)34(3,4)33/h5-12H,1-4H3,(H,30,31). The summed E-state index contributed by atoms with van der Waals surface area (Å²) in [5, 5.41) is 3.23. The van der Waals surface area contributed by atoms with Crippen LogP contribution < -0.4 is 10.8 Å². The Bertz CT molecular complexity index is 1440. The van der Waals surface area contributed by atoms with Gasteiger partial charge in [-0.25, -0.2) is 23.1 Å². The van der Waals surface area contributed by atoms with Crippen molar-refractivity contribution in [3.63, 3.8) is 0 Å². The van der Waals surface area contributed by atoms with E-state index in [1.807, 2.05) is 0 Å². The van der Waals surface area contributed by atoms with E-state index in [4.69, 9.17) is 11.6 Å². The number of pyridine rings is 3. The molecule has 0 aliphatic rings. The van der Waals surface area contributed by atoms with Gasteiger partial charge in [0, 0.05) is 23.4 Å². The molecule has 0 aliphatic carbocycles. The van der Waals surface area contributed by atoms with Gasteiger partial charge in [0.05, 0.1) is 33.4 Å². The minimum atomic E-state index is -2.58. The fourth-order valence-corrected chi connectivity index (χ4v) is 4.61. The third kappa shape index (κ3) is 4.52. The molecule has 1 aromatic carbocycles. The molecular formula is C24H21ClF3N4OP. The number of nitrogens with zero attached hydrogens (tertiary/aromatic N) is 3. The van der Waals surface area contributed by atoms with Crippen LogP contribution >= 0.6 is 18.7 Å². The topological polar surface area (TPSA) is 67.8 Å². The van der Waals surface area contributed by atoms with Gasteiger partial charge in [-0.1, -0.05) is 17.7 Å². The Morgan fingerprint density at radius 3 is 2.29 bits per heavy atom. The number of nitrogens with one attached hydrogen (secondary N) is 1. The molecule has 3 heterocycles. The van der Waals surface area contributed by atoms with Gasteiger partial charge in [-0.2, -0.15) is 0 Å². The molecule has 0 saturated heterocycles. The number of hydrogen-bond acceptors (Lipinski definition) is 5. The lowest BCUT2D eigenvalue weighted by Crippen LogP contribution is -2.13. The molecule has 1 N–H and O–H groups in total. The summed E-state index contributed by atoms with van der Waals surface area (Å²) in [7, 11) is -2.58. The Hall–Kier alpha value is -2.96. The van der Waals surface area contributed by atoms with Gasteiger partial charge in [0.2, 0.25) is 0 Å². The molecule has 176 valence electrons. The summed E-state index contributed by atoms with van der Waals surface area (Å²) in [5.41, 5.74) is 1.75. The third-order valence-corrected chi connectivity index (χ3v) is 7.22. The van der Waals surface area contributed by atoms with E-state index in [-0.39, 0.29) is 33.0 Å². The van der Waals surface area contributed by atoms with Crippen LogP contribution in [0, 0.1) is 24.4 Å². The van der Waals surface area contributed by atoms with Crippen molar-refractivity contribution in [2.75, 3.05) is 18.6 Å². The second-order valence-electron chi connectivity index (χ2n) is 8.33. The molecule has 4 aromatic rings. The molecule has 0 saturated carbocycles. The lowest BCUT2D eigenvalue weighted by Gasteiger charge is -2.20. The maximum atomic E-state index is 15.0. The van der Waals surface area contributed by atoms with E-state index in [9.17, 15) is 17.7 Å². The number of fused-ring (bicyclic) bond motifs is 1. The first-order chi connectivity index (χ1) is 16.0. The van der Waals surface area contributed by atoms with Crippen LogP contribution in [0.1, 0.15) is 24.2 Å². The van der Waals surface area contributed by atoms with E-state index in [1.165, 1.54) is 30.5 Å². The van der Waals surface area contributed by atoms with E-state index in [2.05, 4.69) is 20.3 Å². The van der Waals surface area contributed by atoms with Crippen molar-refractivity contribution < 1.29 is 17.7 Å². The van der Waals surface area contributed by atoms with Crippen LogP contribution in [0.5, 0.6) is 0 Å². The zero-order valence-corrected chi connectivity index (χ0v) is 20.5. The summed E-state index contributed by atoms with van der Waals surface area (Å²) in [4.78, 5) is 13.0. The molecule has 0 radical (unpaired) electrons. The second kappa shape index (κ2) is 9.01. The molecule has 0 fully saturated rings. The monoisotopic (exact) mass is 504 g/mol. The number of aryl methyl sites for hydroxylation is 1. The molecule has 0 bridgehead atoms. The van der Waals surface area contributed by atoms with Gasteiger partial charge in [-0.05, 0) is 51.4 Å². The van der Waals surface area contributed by atoms with Crippen LogP contribution in [0.3, 0.4) is 0 Å². The highest BCUT2D eigenvalue weighted by atomic mass is 35.5. The van der Waals surface area contributed by atoms with Crippen LogP contribution in [0.25, 0.3) is 22.3 Å². The number of hydrogen-bond donors (Lipinski definition) is 1. The fourth-order valence-electron chi connectivity index (χ4n) is 3.65. The van der Waals surface area contributed by atoms with Crippen molar-refractivity contribution in [2.24, 2.45) is 0 Å². The fraction of sp³-hybridized carbons (Fsp3) is 0.208. The predicted molar refractivity (Wildman–Crippen MR) is 130 cm³/mol. The highest BCUT2D eigenvalue weighted by Gasteiger charge is 2.22. The third-order valence-electron chi connectivity index (χ3n) is 5.38. The minimum Gasteiger partial charge on any atom is -0.375 e. The van der Waals surface area contributed by atoms with Crippen LogP contribution in [0.15, 0.2) is 42.6 Å². The van der Waals surface area contributed by atoms with Crippen LogP contribution in [-0.4, -0.2) is 28.3 Å². The normalized spacial score (nSPS) is 12.7. The van der Waals surface area contributed by atoms with Gasteiger partial charge in [-0.15, -0.1) is 0 Å². The summed E-state index contributed by atoms with van der Waals surface area (Å²) in [6.45, 7) is 6.42. The van der Waals surface area contributed by atoms with Gasteiger partial charge in [0.25, 0.3) is 0 Å². The van der Waals surface area contributed by atoms with E-state index in [1.54, 1.807) is 39.3 Å². The quantitative estimate of drug-likeness (QED) is 0.315. The molecule has 34 heavy (non-hydrogen) atoms. The average Bonchev–Trinajstić information content (AvgIpc) is 2.76. The van der Waals surface area contributed by atoms with Gasteiger partial charge in [0.1, 0.15) is 30.0 Å². The Morgan fingerprint density at radius 2 is 1.71 bits per heavy atom. The lowest BCUT2D eigenvalue weighted by molar-refractivity contribution is 0.544. The summed E-state index contributed by atoms with van der Waals surface area (Å²) < 4.78 is 55.9. The summed E-state index contributed by atoms with van der Waals surface area (Å²) >= 11 is 6.50. The first-order valence-corrected chi connectivity index (χ1v) is 13.3. The number of halogens is 4. The van der Waals surface area contributed by atoms with E-state index in [0.717, 1.165) is 0 Å². The Morgan fingerprint density at radius 1 is 1.03 bits per heavy atom. The van der Waals surface area contributed by atoms with E-state index >= 15 is 0 Å². The molecule has 0 aliphatic heterocycles. The number of benzene rings is 1. The van der Waals surface area contributed by atoms with Crippen molar-refractivity contribution in [1.82, 2.24) is 15.0 Å². The molecular weight excluding hydrogens is 484 g/mol. The van der Waals surface area contributed by atoms with Crippen molar-refractivity contribution in [2.45, 2.75) is 19.9 Å². The van der Waals surface area contributed by atoms with Crippen LogP contribution in [0.2, 0.25) is 5.02 Å². The van der Waals surface area contributed by atoms with Crippen molar-refractivity contribution >= 4 is 40.9 Å². The zero-order valence-electron chi connectivity index (χ0n) is 18.8. The molecule has 10 heteroatoms. The van der Waals surface area contributed by atoms with Crippen molar-refractivity contribution in [1.29, 1.82) is 0 Å². The van der Waals surface area contributed by atoms with Crippen LogP contribution in [-0.2, 0) is 4.57 Å². The highest BCUT2D eigenvalue weighted by molar-refractivity contribution is 7.69. The number of rotatable bonds is 5. The Balaban J connectivity index is 1.85. The first kappa shape index (κ1) is 24.2. The molecule has 4 rings (SSSR count). The lowest BCUT2D eigenvalue weighted by atomic mass is 10.1.